The molecular weight excluding hydrogens is 348 g/mol. The number of hydrogen-bond acceptors (Lipinski definition) is 5. The van der Waals surface area contributed by atoms with Gasteiger partial charge in [0.15, 0.2) is 18.1 Å². The lowest BCUT2D eigenvalue weighted by Gasteiger charge is -2.17. The molecule has 7 heteroatoms. The fourth-order valence-electron chi connectivity index (χ4n) is 3.02. The van der Waals surface area contributed by atoms with E-state index < -0.39 is 0 Å². The summed E-state index contributed by atoms with van der Waals surface area (Å²) in [5.74, 6) is 0.740. The van der Waals surface area contributed by atoms with Crippen molar-refractivity contribution in [2.75, 3.05) is 44.2 Å². The van der Waals surface area contributed by atoms with Crippen LogP contribution in [0.1, 0.15) is 5.56 Å². The van der Waals surface area contributed by atoms with E-state index in [4.69, 9.17) is 14.2 Å². The molecule has 1 aliphatic heterocycles. The summed E-state index contributed by atoms with van der Waals surface area (Å²) in [5, 5.41) is 2.82. The Bertz CT molecular complexity index is 837. The molecule has 1 heterocycles. The van der Waals surface area contributed by atoms with E-state index in [1.165, 1.54) is 7.11 Å². The first-order valence-electron chi connectivity index (χ1n) is 8.60. The average molecular weight is 370 g/mol. The molecule has 2 amide bonds. The minimum absolute atomic E-state index is 0.0538. The number of nitrogens with zero attached hydrogens (tertiary/aromatic N) is 1. The lowest BCUT2D eigenvalue weighted by atomic mass is 10.1. The molecule has 3 rings (SSSR count). The molecule has 142 valence electrons. The van der Waals surface area contributed by atoms with Crippen LogP contribution < -0.4 is 19.7 Å². The summed E-state index contributed by atoms with van der Waals surface area (Å²) in [5.41, 5.74) is 2.55. The quantitative estimate of drug-likeness (QED) is 0.809. The Morgan fingerprint density at radius 2 is 1.85 bits per heavy atom. The lowest BCUT2D eigenvalue weighted by Crippen LogP contribution is -2.31. The highest BCUT2D eigenvalue weighted by atomic mass is 16.5. The lowest BCUT2D eigenvalue weighted by molar-refractivity contribution is -0.122. The molecule has 27 heavy (non-hydrogen) atoms. The van der Waals surface area contributed by atoms with Crippen molar-refractivity contribution in [3.63, 3.8) is 0 Å². The zero-order valence-electron chi connectivity index (χ0n) is 15.4. The van der Waals surface area contributed by atoms with Gasteiger partial charge in [-0.3, -0.25) is 9.59 Å². The van der Waals surface area contributed by atoms with Crippen LogP contribution in [0.4, 0.5) is 11.4 Å². The number of carbonyl (C=O) groups excluding carboxylic acids is 2. The molecule has 2 aromatic carbocycles. The molecule has 7 nitrogen and oxygen atoms in total. The minimum Gasteiger partial charge on any atom is -0.493 e. The maximum Gasteiger partial charge on any atom is 0.262 e. The van der Waals surface area contributed by atoms with Gasteiger partial charge in [-0.1, -0.05) is 12.1 Å². The van der Waals surface area contributed by atoms with Crippen LogP contribution in [-0.2, 0) is 20.7 Å². The summed E-state index contributed by atoms with van der Waals surface area (Å²) in [4.78, 5) is 25.9. The molecule has 0 fully saturated rings. The summed E-state index contributed by atoms with van der Waals surface area (Å²) < 4.78 is 15.6. The number of anilines is 2. The summed E-state index contributed by atoms with van der Waals surface area (Å²) in [6.45, 7) is 0.542. The first-order chi connectivity index (χ1) is 13.1. The van der Waals surface area contributed by atoms with Gasteiger partial charge in [0.05, 0.1) is 7.11 Å². The predicted octanol–water partition coefficient (Wildman–Crippen LogP) is 2.25. The molecule has 0 saturated heterocycles. The van der Waals surface area contributed by atoms with Crippen molar-refractivity contribution in [3.05, 3.63) is 48.0 Å². The Kier molecular flexibility index (Phi) is 5.93. The number of amides is 2. The zero-order valence-corrected chi connectivity index (χ0v) is 15.4. The van der Waals surface area contributed by atoms with E-state index in [0.717, 1.165) is 17.7 Å². The third kappa shape index (κ3) is 4.38. The number of benzene rings is 2. The van der Waals surface area contributed by atoms with Gasteiger partial charge in [0.25, 0.3) is 11.8 Å². The topological polar surface area (TPSA) is 77.1 Å². The third-order valence-electron chi connectivity index (χ3n) is 4.26. The van der Waals surface area contributed by atoms with E-state index in [2.05, 4.69) is 5.32 Å². The van der Waals surface area contributed by atoms with Gasteiger partial charge < -0.3 is 24.4 Å². The Morgan fingerprint density at radius 3 is 2.59 bits per heavy atom. The first kappa shape index (κ1) is 18.7. The molecule has 1 aliphatic rings. The molecule has 0 aromatic heterocycles. The highest BCUT2D eigenvalue weighted by Gasteiger charge is 2.24. The van der Waals surface area contributed by atoms with Gasteiger partial charge in [0, 0.05) is 25.0 Å². The normalized spacial score (nSPS) is 12.4. The Labute approximate surface area is 157 Å². The van der Waals surface area contributed by atoms with Crippen molar-refractivity contribution < 1.29 is 23.8 Å². The van der Waals surface area contributed by atoms with Gasteiger partial charge in [-0.2, -0.15) is 0 Å². The molecule has 2 aromatic rings. The van der Waals surface area contributed by atoms with Crippen molar-refractivity contribution in [1.82, 2.24) is 0 Å². The van der Waals surface area contributed by atoms with Crippen molar-refractivity contribution in [2.45, 2.75) is 6.42 Å². The average Bonchev–Trinajstić information content (AvgIpc) is 3.10. The Hall–Kier alpha value is -3.06. The third-order valence-corrected chi connectivity index (χ3v) is 4.26. The van der Waals surface area contributed by atoms with E-state index in [9.17, 15) is 9.59 Å². The SMILES string of the molecule is COCC(=O)N1CCc2cc(NC(=O)COc3ccccc3OC)ccc21. The van der Waals surface area contributed by atoms with Crippen molar-refractivity contribution in [3.8, 4) is 11.5 Å². The summed E-state index contributed by atoms with van der Waals surface area (Å²) in [7, 11) is 3.05. The molecule has 0 saturated carbocycles. The molecule has 0 bridgehead atoms. The standard InChI is InChI=1S/C20H22N2O5/c1-25-13-20(24)22-10-9-14-11-15(7-8-16(14)22)21-19(23)12-27-18-6-4-3-5-17(18)26-2/h3-8,11H,9-10,12-13H2,1-2H3,(H,21,23). The number of rotatable bonds is 7. The fraction of sp³-hybridized carbons (Fsp3) is 0.300. The summed E-state index contributed by atoms with van der Waals surface area (Å²) in [6, 6.07) is 12.7. The minimum atomic E-state index is -0.272. The van der Waals surface area contributed by atoms with E-state index >= 15 is 0 Å². The molecule has 0 unspecified atom stereocenters. The molecule has 0 aliphatic carbocycles. The van der Waals surface area contributed by atoms with Crippen LogP contribution in [0.3, 0.4) is 0 Å². The van der Waals surface area contributed by atoms with E-state index in [-0.39, 0.29) is 25.0 Å². The first-order valence-corrected chi connectivity index (χ1v) is 8.60. The van der Waals surface area contributed by atoms with Gasteiger partial charge >= 0.3 is 0 Å². The predicted molar refractivity (Wildman–Crippen MR) is 101 cm³/mol. The molecule has 0 atom stereocenters. The number of fused-ring (bicyclic) bond motifs is 1. The fourth-order valence-corrected chi connectivity index (χ4v) is 3.02. The van der Waals surface area contributed by atoms with Crippen LogP contribution >= 0.6 is 0 Å². The number of para-hydroxylation sites is 2. The van der Waals surface area contributed by atoms with Gasteiger partial charge in [0.1, 0.15) is 6.61 Å². The molecule has 0 radical (unpaired) electrons. The van der Waals surface area contributed by atoms with E-state index in [1.807, 2.05) is 24.3 Å². The molecule has 1 N–H and O–H groups in total. The van der Waals surface area contributed by atoms with Crippen LogP contribution in [0.2, 0.25) is 0 Å². The second-order valence-electron chi connectivity index (χ2n) is 6.06. The van der Waals surface area contributed by atoms with Crippen molar-refractivity contribution in [1.29, 1.82) is 0 Å². The Morgan fingerprint density at radius 1 is 1.07 bits per heavy atom. The number of nitrogens with one attached hydrogen (secondary N) is 1. The van der Waals surface area contributed by atoms with Crippen LogP contribution in [0, 0.1) is 0 Å². The monoisotopic (exact) mass is 370 g/mol. The van der Waals surface area contributed by atoms with Crippen molar-refractivity contribution in [2.24, 2.45) is 0 Å². The number of ether oxygens (including phenoxy) is 3. The smallest absolute Gasteiger partial charge is 0.262 e. The van der Waals surface area contributed by atoms with Gasteiger partial charge in [-0.15, -0.1) is 0 Å². The maximum absolute atomic E-state index is 12.2. The highest BCUT2D eigenvalue weighted by Crippen LogP contribution is 2.30. The molecular formula is C20H22N2O5. The van der Waals surface area contributed by atoms with Gasteiger partial charge in [-0.05, 0) is 42.3 Å². The van der Waals surface area contributed by atoms with Crippen LogP contribution in [0.25, 0.3) is 0 Å². The van der Waals surface area contributed by atoms with Crippen LogP contribution in [0.15, 0.2) is 42.5 Å². The maximum atomic E-state index is 12.2. The number of carbonyl (C=O) groups is 2. The number of methoxy groups -OCH3 is 2. The van der Waals surface area contributed by atoms with Crippen LogP contribution in [-0.4, -0.2) is 45.8 Å². The van der Waals surface area contributed by atoms with E-state index in [0.29, 0.717) is 23.7 Å². The summed E-state index contributed by atoms with van der Waals surface area (Å²) >= 11 is 0. The highest BCUT2D eigenvalue weighted by molar-refractivity contribution is 5.97. The van der Waals surface area contributed by atoms with Gasteiger partial charge in [0.2, 0.25) is 0 Å². The largest absolute Gasteiger partial charge is 0.493 e. The second kappa shape index (κ2) is 8.55. The zero-order chi connectivity index (χ0) is 19.2. The van der Waals surface area contributed by atoms with Gasteiger partial charge in [-0.25, -0.2) is 0 Å². The summed E-state index contributed by atoms with van der Waals surface area (Å²) in [6.07, 6.45) is 0.742. The molecule has 0 spiro atoms. The number of hydrogen-bond donors (Lipinski definition) is 1. The van der Waals surface area contributed by atoms with Crippen LogP contribution in [0.5, 0.6) is 11.5 Å². The second-order valence-corrected chi connectivity index (χ2v) is 6.06. The van der Waals surface area contributed by atoms with Crippen molar-refractivity contribution >= 4 is 23.2 Å². The van der Waals surface area contributed by atoms with E-state index in [1.54, 1.807) is 30.2 Å². The Balaban J connectivity index is 1.60.